The van der Waals surface area contributed by atoms with Crippen molar-refractivity contribution in [2.24, 2.45) is 0 Å². The molecule has 0 radical (unpaired) electrons. The van der Waals surface area contributed by atoms with Crippen LogP contribution in [0.2, 0.25) is 0 Å². The Kier molecular flexibility index (Phi) is 5.43. The van der Waals surface area contributed by atoms with Gasteiger partial charge in [0, 0.05) is 24.7 Å². The second-order valence-corrected chi connectivity index (χ2v) is 5.28. The van der Waals surface area contributed by atoms with E-state index in [1.54, 1.807) is 6.26 Å². The topological polar surface area (TPSA) is 37.6 Å². The van der Waals surface area contributed by atoms with Gasteiger partial charge in [-0.15, -0.1) is 0 Å². The predicted molar refractivity (Wildman–Crippen MR) is 76.0 cm³/mol. The van der Waals surface area contributed by atoms with Crippen LogP contribution in [0.5, 0.6) is 0 Å². The van der Waals surface area contributed by atoms with E-state index in [1.165, 1.54) is 5.56 Å². The van der Waals surface area contributed by atoms with E-state index < -0.39 is 0 Å². The third-order valence-electron chi connectivity index (χ3n) is 3.80. The molecule has 19 heavy (non-hydrogen) atoms. The highest BCUT2D eigenvalue weighted by Crippen LogP contribution is 2.20. The number of furan rings is 1. The standard InChI is InChI=1S/C15H26N2O2/c1-4-14-11-19-12(3)9-17(14)10-13-6-7-18-15(13)8-16-5-2/h6-7,12,14,16H,4-5,8-11H2,1-3H3. The lowest BCUT2D eigenvalue weighted by Crippen LogP contribution is -2.47. The van der Waals surface area contributed by atoms with Crippen LogP contribution in [0.3, 0.4) is 0 Å². The van der Waals surface area contributed by atoms with Crippen LogP contribution >= 0.6 is 0 Å². The number of ether oxygens (including phenoxy) is 1. The van der Waals surface area contributed by atoms with E-state index in [4.69, 9.17) is 9.15 Å². The van der Waals surface area contributed by atoms with Crippen LogP contribution in [0, 0.1) is 0 Å². The fourth-order valence-electron chi connectivity index (χ4n) is 2.60. The molecule has 1 aromatic rings. The Bertz CT molecular complexity index is 378. The number of rotatable bonds is 6. The van der Waals surface area contributed by atoms with Crippen molar-refractivity contribution in [3.05, 3.63) is 23.7 Å². The summed E-state index contributed by atoms with van der Waals surface area (Å²) in [5.74, 6) is 1.07. The summed E-state index contributed by atoms with van der Waals surface area (Å²) >= 11 is 0. The fourth-order valence-corrected chi connectivity index (χ4v) is 2.60. The second-order valence-electron chi connectivity index (χ2n) is 5.28. The minimum atomic E-state index is 0.326. The van der Waals surface area contributed by atoms with E-state index >= 15 is 0 Å². The predicted octanol–water partition coefficient (Wildman–Crippen LogP) is 2.39. The number of nitrogens with one attached hydrogen (secondary N) is 1. The van der Waals surface area contributed by atoms with Gasteiger partial charge in [-0.25, -0.2) is 0 Å². The van der Waals surface area contributed by atoms with Crippen molar-refractivity contribution in [2.75, 3.05) is 19.7 Å². The molecule has 2 heterocycles. The second kappa shape index (κ2) is 7.08. The van der Waals surface area contributed by atoms with Crippen molar-refractivity contribution < 1.29 is 9.15 Å². The van der Waals surface area contributed by atoms with E-state index in [0.717, 1.165) is 45.0 Å². The smallest absolute Gasteiger partial charge is 0.122 e. The van der Waals surface area contributed by atoms with Gasteiger partial charge in [-0.3, -0.25) is 4.90 Å². The van der Waals surface area contributed by atoms with Crippen molar-refractivity contribution in [2.45, 2.75) is 52.4 Å². The summed E-state index contributed by atoms with van der Waals surface area (Å²) in [6.45, 7) is 11.1. The van der Waals surface area contributed by atoms with E-state index in [0.29, 0.717) is 12.1 Å². The molecule has 1 saturated heterocycles. The lowest BCUT2D eigenvalue weighted by atomic mass is 10.1. The van der Waals surface area contributed by atoms with Crippen LogP contribution in [0.15, 0.2) is 16.7 Å². The van der Waals surface area contributed by atoms with E-state index in [-0.39, 0.29) is 0 Å². The van der Waals surface area contributed by atoms with Gasteiger partial charge < -0.3 is 14.5 Å². The van der Waals surface area contributed by atoms with Crippen LogP contribution in [-0.4, -0.2) is 36.7 Å². The molecule has 0 aromatic carbocycles. The molecule has 1 fully saturated rings. The van der Waals surface area contributed by atoms with Crippen LogP contribution in [0.25, 0.3) is 0 Å². The van der Waals surface area contributed by atoms with Crippen molar-refractivity contribution in [3.8, 4) is 0 Å². The van der Waals surface area contributed by atoms with Crippen molar-refractivity contribution in [3.63, 3.8) is 0 Å². The molecule has 1 aliphatic rings. The maximum atomic E-state index is 5.75. The van der Waals surface area contributed by atoms with Gasteiger partial charge in [0.2, 0.25) is 0 Å². The Hall–Kier alpha value is -0.840. The molecule has 4 nitrogen and oxygen atoms in total. The van der Waals surface area contributed by atoms with Crippen LogP contribution in [0.4, 0.5) is 0 Å². The maximum absolute atomic E-state index is 5.75. The first-order valence-electron chi connectivity index (χ1n) is 7.36. The molecule has 4 heteroatoms. The SMILES string of the molecule is CCNCc1occc1CN1CC(C)OCC1CC. The van der Waals surface area contributed by atoms with Gasteiger partial charge in [0.1, 0.15) is 5.76 Å². The molecule has 0 bridgehead atoms. The van der Waals surface area contributed by atoms with E-state index in [2.05, 4.69) is 37.1 Å². The zero-order chi connectivity index (χ0) is 13.7. The number of hydrogen-bond donors (Lipinski definition) is 1. The largest absolute Gasteiger partial charge is 0.468 e. The van der Waals surface area contributed by atoms with E-state index in [9.17, 15) is 0 Å². The molecule has 1 aromatic heterocycles. The minimum absolute atomic E-state index is 0.326. The lowest BCUT2D eigenvalue weighted by Gasteiger charge is -2.38. The fraction of sp³-hybridized carbons (Fsp3) is 0.733. The average molecular weight is 266 g/mol. The monoisotopic (exact) mass is 266 g/mol. The molecule has 0 saturated carbocycles. The Balaban J connectivity index is 2.00. The van der Waals surface area contributed by atoms with Gasteiger partial charge in [0.15, 0.2) is 0 Å². The summed E-state index contributed by atoms with van der Waals surface area (Å²) in [7, 11) is 0. The van der Waals surface area contributed by atoms with Gasteiger partial charge in [0.25, 0.3) is 0 Å². The number of nitrogens with zero attached hydrogens (tertiary/aromatic N) is 1. The van der Waals surface area contributed by atoms with Gasteiger partial charge in [-0.1, -0.05) is 13.8 Å². The molecular weight excluding hydrogens is 240 g/mol. The van der Waals surface area contributed by atoms with Gasteiger partial charge in [-0.2, -0.15) is 0 Å². The summed E-state index contributed by atoms with van der Waals surface area (Å²) in [5.41, 5.74) is 1.30. The molecule has 2 rings (SSSR count). The molecule has 0 amide bonds. The molecular formula is C15H26N2O2. The van der Waals surface area contributed by atoms with Crippen molar-refractivity contribution in [1.82, 2.24) is 10.2 Å². The first-order chi connectivity index (χ1) is 9.24. The van der Waals surface area contributed by atoms with Gasteiger partial charge in [0.05, 0.1) is 25.5 Å². The van der Waals surface area contributed by atoms with Crippen molar-refractivity contribution in [1.29, 1.82) is 0 Å². The van der Waals surface area contributed by atoms with Gasteiger partial charge in [-0.05, 0) is 26.0 Å². The maximum Gasteiger partial charge on any atom is 0.122 e. The highest BCUT2D eigenvalue weighted by atomic mass is 16.5. The van der Waals surface area contributed by atoms with Crippen molar-refractivity contribution >= 4 is 0 Å². The molecule has 1 aliphatic heterocycles. The quantitative estimate of drug-likeness (QED) is 0.858. The third kappa shape index (κ3) is 3.81. The van der Waals surface area contributed by atoms with Crippen LogP contribution in [-0.2, 0) is 17.8 Å². The summed E-state index contributed by atoms with van der Waals surface area (Å²) < 4.78 is 11.3. The molecule has 0 aliphatic carbocycles. The average Bonchev–Trinajstić information content (AvgIpc) is 2.84. The summed E-state index contributed by atoms with van der Waals surface area (Å²) in [5, 5.41) is 3.33. The van der Waals surface area contributed by atoms with Crippen LogP contribution < -0.4 is 5.32 Å². The Morgan fingerprint density at radius 1 is 1.42 bits per heavy atom. The number of hydrogen-bond acceptors (Lipinski definition) is 4. The Morgan fingerprint density at radius 3 is 3.00 bits per heavy atom. The Morgan fingerprint density at radius 2 is 2.26 bits per heavy atom. The van der Waals surface area contributed by atoms with Gasteiger partial charge >= 0.3 is 0 Å². The summed E-state index contributed by atoms with van der Waals surface area (Å²) in [6, 6.07) is 2.62. The molecule has 2 atom stereocenters. The highest BCUT2D eigenvalue weighted by Gasteiger charge is 2.26. The number of morpholine rings is 1. The molecule has 0 spiro atoms. The zero-order valence-electron chi connectivity index (χ0n) is 12.3. The van der Waals surface area contributed by atoms with Crippen LogP contribution in [0.1, 0.15) is 38.5 Å². The minimum Gasteiger partial charge on any atom is -0.468 e. The first kappa shape index (κ1) is 14.6. The Labute approximate surface area is 116 Å². The lowest BCUT2D eigenvalue weighted by molar-refractivity contribution is -0.0593. The summed E-state index contributed by atoms with van der Waals surface area (Å²) in [4.78, 5) is 2.52. The zero-order valence-corrected chi connectivity index (χ0v) is 12.3. The summed E-state index contributed by atoms with van der Waals surface area (Å²) in [6.07, 6.45) is 3.26. The first-order valence-corrected chi connectivity index (χ1v) is 7.36. The van der Waals surface area contributed by atoms with E-state index in [1.807, 2.05) is 0 Å². The molecule has 108 valence electrons. The molecule has 2 unspecified atom stereocenters. The molecule has 1 N–H and O–H groups in total. The normalized spacial score (nSPS) is 24.8. The third-order valence-corrected chi connectivity index (χ3v) is 3.80. The highest BCUT2D eigenvalue weighted by molar-refractivity contribution is 5.17.